The molecule has 108 valence electrons. The molecule has 0 fully saturated rings. The molecular formula is C15H21N3O2. The number of aromatic nitrogens is 2. The minimum atomic E-state index is -0.0865. The first-order valence-electron chi connectivity index (χ1n) is 7.34. The zero-order valence-electron chi connectivity index (χ0n) is 12.0. The third-order valence-electron chi connectivity index (χ3n) is 4.06. The maximum Gasteiger partial charge on any atom is 0.272 e. The Hall–Kier alpha value is -1.62. The third-order valence-corrected chi connectivity index (χ3v) is 4.06. The average Bonchev–Trinajstić information content (AvgIpc) is 3.04. The molecule has 5 nitrogen and oxygen atoms in total. The molecule has 1 aromatic heterocycles. The quantitative estimate of drug-likeness (QED) is 0.832. The second-order valence-corrected chi connectivity index (χ2v) is 5.69. The van der Waals surface area contributed by atoms with Gasteiger partial charge in [-0.1, -0.05) is 11.6 Å². The fraction of sp³-hybridized carbons (Fsp3) is 0.600. The number of amides is 1. The van der Waals surface area contributed by atoms with Crippen LogP contribution in [0.15, 0.2) is 11.6 Å². The van der Waals surface area contributed by atoms with Crippen molar-refractivity contribution in [2.24, 2.45) is 0 Å². The van der Waals surface area contributed by atoms with Crippen molar-refractivity contribution in [3.8, 4) is 0 Å². The molecule has 0 aromatic carbocycles. The van der Waals surface area contributed by atoms with E-state index in [-0.39, 0.29) is 18.1 Å². The SMILES string of the molecule is C[C@@H]1Cc2c(C(=O)NCC3=CCCC3)n[nH]c2[C@H](C)O1. The van der Waals surface area contributed by atoms with Crippen molar-refractivity contribution in [3.63, 3.8) is 0 Å². The summed E-state index contributed by atoms with van der Waals surface area (Å²) in [5.74, 6) is -0.0865. The highest BCUT2D eigenvalue weighted by Crippen LogP contribution is 2.30. The number of fused-ring (bicyclic) bond motifs is 1. The molecular weight excluding hydrogens is 254 g/mol. The number of ether oxygens (including phenoxy) is 1. The van der Waals surface area contributed by atoms with Crippen LogP contribution in [0.2, 0.25) is 0 Å². The minimum absolute atomic E-state index is 0.0275. The molecule has 2 atom stereocenters. The van der Waals surface area contributed by atoms with Gasteiger partial charge in [-0.2, -0.15) is 5.10 Å². The van der Waals surface area contributed by atoms with Crippen LogP contribution < -0.4 is 5.32 Å². The summed E-state index contributed by atoms with van der Waals surface area (Å²) >= 11 is 0. The summed E-state index contributed by atoms with van der Waals surface area (Å²) in [6.45, 7) is 4.65. The van der Waals surface area contributed by atoms with Crippen molar-refractivity contribution < 1.29 is 9.53 Å². The highest BCUT2D eigenvalue weighted by atomic mass is 16.5. The van der Waals surface area contributed by atoms with Crippen LogP contribution in [0, 0.1) is 0 Å². The van der Waals surface area contributed by atoms with Gasteiger partial charge in [-0.15, -0.1) is 0 Å². The van der Waals surface area contributed by atoms with Crippen molar-refractivity contribution in [1.82, 2.24) is 15.5 Å². The Balaban J connectivity index is 1.72. The molecule has 0 saturated heterocycles. The molecule has 0 spiro atoms. The Labute approximate surface area is 118 Å². The van der Waals surface area contributed by atoms with E-state index in [2.05, 4.69) is 21.6 Å². The first kappa shape index (κ1) is 13.4. The molecule has 2 aliphatic rings. The summed E-state index contributed by atoms with van der Waals surface area (Å²) in [5.41, 5.74) is 3.80. The van der Waals surface area contributed by atoms with Crippen molar-refractivity contribution in [2.75, 3.05) is 6.54 Å². The number of nitrogens with zero attached hydrogens (tertiary/aromatic N) is 1. The molecule has 0 unspecified atom stereocenters. The van der Waals surface area contributed by atoms with Crippen LogP contribution >= 0.6 is 0 Å². The zero-order chi connectivity index (χ0) is 14.1. The fourth-order valence-electron chi connectivity index (χ4n) is 3.04. The van der Waals surface area contributed by atoms with Gasteiger partial charge < -0.3 is 10.1 Å². The Bertz CT molecular complexity index is 547. The van der Waals surface area contributed by atoms with E-state index in [9.17, 15) is 4.79 Å². The van der Waals surface area contributed by atoms with Crippen molar-refractivity contribution in [1.29, 1.82) is 0 Å². The molecule has 0 radical (unpaired) electrons. The molecule has 1 amide bonds. The molecule has 1 aliphatic carbocycles. The van der Waals surface area contributed by atoms with E-state index in [0.29, 0.717) is 12.2 Å². The second kappa shape index (κ2) is 5.40. The number of allylic oxidation sites excluding steroid dienone is 1. The Morgan fingerprint density at radius 3 is 3.15 bits per heavy atom. The fourth-order valence-corrected chi connectivity index (χ4v) is 3.04. The second-order valence-electron chi connectivity index (χ2n) is 5.69. The smallest absolute Gasteiger partial charge is 0.272 e. The topological polar surface area (TPSA) is 67.0 Å². The molecule has 2 heterocycles. The van der Waals surface area contributed by atoms with Gasteiger partial charge in [0.25, 0.3) is 5.91 Å². The lowest BCUT2D eigenvalue weighted by molar-refractivity contribution is -0.00697. The number of H-pyrrole nitrogens is 1. The van der Waals surface area contributed by atoms with E-state index >= 15 is 0 Å². The van der Waals surface area contributed by atoms with Gasteiger partial charge in [0.15, 0.2) is 5.69 Å². The standard InChI is InChI=1S/C15H21N3O2/c1-9-7-12-13(10(2)20-9)17-18-14(12)15(19)16-8-11-5-3-4-6-11/h5,9-10H,3-4,6-8H2,1-2H3,(H,16,19)(H,17,18)/t9-,10+/m1/s1. The maximum atomic E-state index is 12.3. The number of hydrogen-bond donors (Lipinski definition) is 2. The van der Waals surface area contributed by atoms with Crippen LogP contribution in [-0.4, -0.2) is 28.8 Å². The van der Waals surface area contributed by atoms with E-state index in [4.69, 9.17) is 4.74 Å². The van der Waals surface area contributed by atoms with Gasteiger partial charge in [-0.05, 0) is 33.1 Å². The lowest BCUT2D eigenvalue weighted by atomic mass is 9.99. The highest BCUT2D eigenvalue weighted by molar-refractivity contribution is 5.94. The molecule has 3 rings (SSSR count). The lowest BCUT2D eigenvalue weighted by Gasteiger charge is -2.25. The van der Waals surface area contributed by atoms with Crippen molar-refractivity contribution in [2.45, 2.75) is 51.7 Å². The summed E-state index contributed by atoms with van der Waals surface area (Å²) in [5, 5.41) is 10.1. The van der Waals surface area contributed by atoms with Gasteiger partial charge in [0.2, 0.25) is 0 Å². The molecule has 0 bridgehead atoms. The lowest BCUT2D eigenvalue weighted by Crippen LogP contribution is -2.28. The zero-order valence-corrected chi connectivity index (χ0v) is 12.0. The third kappa shape index (κ3) is 2.50. The van der Waals surface area contributed by atoms with Crippen LogP contribution in [0.3, 0.4) is 0 Å². The van der Waals surface area contributed by atoms with Gasteiger partial charge in [0, 0.05) is 18.5 Å². The summed E-state index contributed by atoms with van der Waals surface area (Å²) in [4.78, 5) is 12.3. The van der Waals surface area contributed by atoms with Gasteiger partial charge in [-0.3, -0.25) is 9.89 Å². The molecule has 0 saturated carbocycles. The van der Waals surface area contributed by atoms with Crippen LogP contribution in [0.1, 0.15) is 61.0 Å². The average molecular weight is 275 g/mol. The molecule has 20 heavy (non-hydrogen) atoms. The normalized spacial score (nSPS) is 25.2. The van der Waals surface area contributed by atoms with Crippen LogP contribution in [-0.2, 0) is 11.2 Å². The number of rotatable bonds is 3. The molecule has 1 aliphatic heterocycles. The van der Waals surface area contributed by atoms with Gasteiger partial charge in [-0.25, -0.2) is 0 Å². The van der Waals surface area contributed by atoms with Crippen molar-refractivity contribution in [3.05, 3.63) is 28.6 Å². The van der Waals surface area contributed by atoms with Gasteiger partial charge in [0.05, 0.1) is 17.9 Å². The first-order chi connectivity index (χ1) is 9.65. The Kier molecular flexibility index (Phi) is 3.61. The van der Waals surface area contributed by atoms with E-state index < -0.39 is 0 Å². The van der Waals surface area contributed by atoms with E-state index in [1.807, 2.05) is 13.8 Å². The number of carbonyl (C=O) groups excluding carboxylic acids is 1. The van der Waals surface area contributed by atoms with Gasteiger partial charge in [0.1, 0.15) is 0 Å². The number of aromatic amines is 1. The predicted molar refractivity (Wildman–Crippen MR) is 75.5 cm³/mol. The summed E-state index contributed by atoms with van der Waals surface area (Å²) in [6.07, 6.45) is 6.49. The first-order valence-corrected chi connectivity index (χ1v) is 7.34. The monoisotopic (exact) mass is 275 g/mol. The molecule has 5 heteroatoms. The molecule has 2 N–H and O–H groups in total. The van der Waals surface area contributed by atoms with E-state index in [1.54, 1.807) is 0 Å². The van der Waals surface area contributed by atoms with Gasteiger partial charge >= 0.3 is 0 Å². The van der Waals surface area contributed by atoms with Crippen LogP contribution in [0.5, 0.6) is 0 Å². The summed E-state index contributed by atoms with van der Waals surface area (Å²) < 4.78 is 5.73. The van der Waals surface area contributed by atoms with Crippen LogP contribution in [0.25, 0.3) is 0 Å². The number of hydrogen-bond acceptors (Lipinski definition) is 3. The highest BCUT2D eigenvalue weighted by Gasteiger charge is 2.29. The Morgan fingerprint density at radius 1 is 1.55 bits per heavy atom. The number of carbonyl (C=O) groups is 1. The predicted octanol–water partition coefficient (Wildman–Crippen LogP) is 2.27. The summed E-state index contributed by atoms with van der Waals surface area (Å²) in [7, 11) is 0. The number of nitrogens with one attached hydrogen (secondary N) is 2. The molecule has 1 aromatic rings. The largest absolute Gasteiger partial charge is 0.369 e. The van der Waals surface area contributed by atoms with E-state index in [0.717, 1.165) is 30.5 Å². The van der Waals surface area contributed by atoms with Crippen molar-refractivity contribution >= 4 is 5.91 Å². The Morgan fingerprint density at radius 2 is 2.40 bits per heavy atom. The summed E-state index contributed by atoms with van der Waals surface area (Å²) in [6, 6.07) is 0. The minimum Gasteiger partial charge on any atom is -0.369 e. The van der Waals surface area contributed by atoms with E-state index in [1.165, 1.54) is 12.0 Å². The maximum absolute atomic E-state index is 12.3. The van der Waals surface area contributed by atoms with Crippen LogP contribution in [0.4, 0.5) is 0 Å².